The molecule has 0 saturated carbocycles. The summed E-state index contributed by atoms with van der Waals surface area (Å²) in [4.78, 5) is 22.9. The van der Waals surface area contributed by atoms with Crippen molar-refractivity contribution in [1.29, 1.82) is 0 Å². The van der Waals surface area contributed by atoms with Gasteiger partial charge in [0.05, 0.1) is 5.69 Å². The number of hydrogen-bond acceptors (Lipinski definition) is 4. The molecule has 0 aliphatic carbocycles. The molecule has 0 fully saturated rings. The Kier molecular flexibility index (Phi) is 4.35. The molecular weight excluding hydrogens is 305 g/mol. The lowest BCUT2D eigenvalue weighted by atomic mass is 10.2. The first kappa shape index (κ1) is 16.5. The SMILES string of the molecule is CC(C)(C)OC(=O)Nc1cc(C(=O)O)nn1-c1ccc(F)cc1. The number of nitrogens with zero attached hydrogens (tertiary/aromatic N) is 2. The third kappa shape index (κ3) is 4.29. The third-order valence-electron chi connectivity index (χ3n) is 2.63. The molecule has 23 heavy (non-hydrogen) atoms. The topological polar surface area (TPSA) is 93.4 Å². The van der Waals surface area contributed by atoms with E-state index in [2.05, 4.69) is 10.4 Å². The fraction of sp³-hybridized carbons (Fsp3) is 0.267. The normalized spacial score (nSPS) is 11.1. The number of nitrogens with one attached hydrogen (secondary N) is 1. The van der Waals surface area contributed by atoms with Gasteiger partial charge in [-0.2, -0.15) is 5.10 Å². The lowest BCUT2D eigenvalue weighted by Gasteiger charge is -2.19. The number of carboxylic acids is 1. The average Bonchev–Trinajstić information content (AvgIpc) is 2.81. The summed E-state index contributed by atoms with van der Waals surface area (Å²) in [5.41, 5.74) is -0.578. The van der Waals surface area contributed by atoms with Crippen LogP contribution >= 0.6 is 0 Å². The molecule has 0 radical (unpaired) electrons. The van der Waals surface area contributed by atoms with Crippen LogP contribution in [0.4, 0.5) is 15.0 Å². The van der Waals surface area contributed by atoms with Crippen molar-refractivity contribution in [3.63, 3.8) is 0 Å². The molecule has 7 nitrogen and oxygen atoms in total. The number of aromatic nitrogens is 2. The highest BCUT2D eigenvalue weighted by molar-refractivity contribution is 5.89. The van der Waals surface area contributed by atoms with E-state index in [0.717, 1.165) is 0 Å². The monoisotopic (exact) mass is 321 g/mol. The largest absolute Gasteiger partial charge is 0.476 e. The van der Waals surface area contributed by atoms with Crippen LogP contribution in [0.3, 0.4) is 0 Å². The maximum absolute atomic E-state index is 13.0. The minimum atomic E-state index is -1.25. The number of hydrogen-bond donors (Lipinski definition) is 2. The van der Waals surface area contributed by atoms with Crippen molar-refractivity contribution in [2.24, 2.45) is 0 Å². The fourth-order valence-corrected chi connectivity index (χ4v) is 1.76. The van der Waals surface area contributed by atoms with Gasteiger partial charge in [0.2, 0.25) is 0 Å². The second-order valence-corrected chi connectivity index (χ2v) is 5.74. The molecule has 1 aromatic carbocycles. The van der Waals surface area contributed by atoms with Gasteiger partial charge in [0.15, 0.2) is 5.69 Å². The van der Waals surface area contributed by atoms with Gasteiger partial charge in [0.25, 0.3) is 0 Å². The van der Waals surface area contributed by atoms with Gasteiger partial charge in [-0.05, 0) is 45.0 Å². The van der Waals surface area contributed by atoms with Gasteiger partial charge < -0.3 is 9.84 Å². The third-order valence-corrected chi connectivity index (χ3v) is 2.63. The van der Waals surface area contributed by atoms with Crippen LogP contribution in [0.15, 0.2) is 30.3 Å². The van der Waals surface area contributed by atoms with Crippen LogP contribution in [0.1, 0.15) is 31.3 Å². The molecule has 0 bridgehead atoms. The lowest BCUT2D eigenvalue weighted by Crippen LogP contribution is -2.27. The minimum Gasteiger partial charge on any atom is -0.476 e. The predicted octanol–water partition coefficient (Wildman–Crippen LogP) is 3.06. The summed E-state index contributed by atoms with van der Waals surface area (Å²) in [5.74, 6) is -1.60. The molecule has 122 valence electrons. The Bertz CT molecular complexity index is 732. The molecule has 8 heteroatoms. The Balaban J connectivity index is 2.36. The zero-order valence-corrected chi connectivity index (χ0v) is 12.8. The summed E-state index contributed by atoms with van der Waals surface area (Å²) in [5, 5.41) is 15.4. The molecule has 2 rings (SSSR count). The number of halogens is 1. The molecule has 1 aromatic heterocycles. The number of amides is 1. The van der Waals surface area contributed by atoms with Crippen molar-refractivity contribution in [2.75, 3.05) is 5.32 Å². The zero-order valence-electron chi connectivity index (χ0n) is 12.8. The van der Waals surface area contributed by atoms with Crippen LogP contribution in [0.2, 0.25) is 0 Å². The Morgan fingerprint density at radius 1 is 1.26 bits per heavy atom. The molecular formula is C15H16FN3O4. The van der Waals surface area contributed by atoms with E-state index in [9.17, 15) is 14.0 Å². The van der Waals surface area contributed by atoms with E-state index in [1.165, 1.54) is 35.0 Å². The van der Waals surface area contributed by atoms with E-state index in [1.807, 2.05) is 0 Å². The number of benzene rings is 1. The van der Waals surface area contributed by atoms with E-state index < -0.39 is 23.5 Å². The van der Waals surface area contributed by atoms with Crippen molar-refractivity contribution in [1.82, 2.24) is 9.78 Å². The number of carbonyl (C=O) groups is 2. The van der Waals surface area contributed by atoms with Crippen LogP contribution in [-0.4, -0.2) is 32.6 Å². The lowest BCUT2D eigenvalue weighted by molar-refractivity contribution is 0.0632. The van der Waals surface area contributed by atoms with Crippen LogP contribution in [0.5, 0.6) is 0 Å². The average molecular weight is 321 g/mol. The van der Waals surface area contributed by atoms with Crippen LogP contribution in [0, 0.1) is 5.82 Å². The molecule has 2 aromatic rings. The van der Waals surface area contributed by atoms with Gasteiger partial charge in [-0.15, -0.1) is 0 Å². The standard InChI is InChI=1S/C15H16FN3O4/c1-15(2,3)23-14(22)17-12-8-11(13(20)21)18-19(12)10-6-4-9(16)5-7-10/h4-8H,1-3H3,(H,17,22)(H,20,21). The minimum absolute atomic E-state index is 0.100. The maximum Gasteiger partial charge on any atom is 0.413 e. The first-order valence-electron chi connectivity index (χ1n) is 6.75. The Morgan fingerprint density at radius 3 is 2.39 bits per heavy atom. The molecule has 0 aliphatic heterocycles. The molecule has 0 saturated heterocycles. The molecule has 0 unspecified atom stereocenters. The van der Waals surface area contributed by atoms with Gasteiger partial charge in [-0.3, -0.25) is 5.32 Å². The second-order valence-electron chi connectivity index (χ2n) is 5.74. The quantitative estimate of drug-likeness (QED) is 0.906. The second kappa shape index (κ2) is 6.07. The van der Waals surface area contributed by atoms with E-state index in [0.29, 0.717) is 5.69 Å². The molecule has 1 amide bonds. The summed E-state index contributed by atoms with van der Waals surface area (Å²) >= 11 is 0. The van der Waals surface area contributed by atoms with E-state index in [-0.39, 0.29) is 11.5 Å². The van der Waals surface area contributed by atoms with Crippen molar-refractivity contribution in [3.05, 3.63) is 41.8 Å². The summed E-state index contributed by atoms with van der Waals surface area (Å²) in [7, 11) is 0. The molecule has 1 heterocycles. The smallest absolute Gasteiger partial charge is 0.413 e. The van der Waals surface area contributed by atoms with E-state index >= 15 is 0 Å². The van der Waals surface area contributed by atoms with Gasteiger partial charge in [0, 0.05) is 6.07 Å². The van der Waals surface area contributed by atoms with Gasteiger partial charge in [-0.25, -0.2) is 18.7 Å². The summed E-state index contributed by atoms with van der Waals surface area (Å²) in [6, 6.07) is 6.42. The van der Waals surface area contributed by atoms with Gasteiger partial charge in [0.1, 0.15) is 17.2 Å². The van der Waals surface area contributed by atoms with E-state index in [1.54, 1.807) is 20.8 Å². The number of rotatable bonds is 3. The fourth-order valence-electron chi connectivity index (χ4n) is 1.76. The first-order valence-corrected chi connectivity index (χ1v) is 6.75. The van der Waals surface area contributed by atoms with Crippen LogP contribution in [0.25, 0.3) is 5.69 Å². The highest BCUT2D eigenvalue weighted by Gasteiger charge is 2.20. The number of aromatic carboxylic acids is 1. The van der Waals surface area contributed by atoms with Gasteiger partial charge in [-0.1, -0.05) is 0 Å². The number of carboxylic acid groups (broad SMARTS) is 1. The molecule has 0 aliphatic rings. The number of anilines is 1. The molecule has 0 spiro atoms. The summed E-state index contributed by atoms with van der Waals surface area (Å²) in [6.45, 7) is 5.10. The maximum atomic E-state index is 13.0. The van der Waals surface area contributed by atoms with Crippen molar-refractivity contribution < 1.29 is 23.8 Å². The number of carbonyl (C=O) groups excluding carboxylic acids is 1. The Morgan fingerprint density at radius 2 is 1.87 bits per heavy atom. The van der Waals surface area contributed by atoms with Crippen molar-refractivity contribution >= 4 is 17.9 Å². The van der Waals surface area contributed by atoms with Crippen molar-refractivity contribution in [3.8, 4) is 5.69 Å². The highest BCUT2D eigenvalue weighted by atomic mass is 19.1. The first-order chi connectivity index (χ1) is 10.7. The Hall–Kier alpha value is -2.90. The summed E-state index contributed by atoms with van der Waals surface area (Å²) in [6.07, 6.45) is -0.752. The van der Waals surface area contributed by atoms with Crippen molar-refractivity contribution in [2.45, 2.75) is 26.4 Å². The Labute approximate surface area is 131 Å². The summed E-state index contributed by atoms with van der Waals surface area (Å²) < 4.78 is 19.3. The van der Waals surface area contributed by atoms with Crippen LogP contribution < -0.4 is 5.32 Å². The van der Waals surface area contributed by atoms with Gasteiger partial charge >= 0.3 is 12.1 Å². The highest BCUT2D eigenvalue weighted by Crippen LogP contribution is 2.19. The van der Waals surface area contributed by atoms with E-state index in [4.69, 9.17) is 9.84 Å². The molecule has 0 atom stereocenters. The van der Waals surface area contributed by atoms with Crippen LogP contribution in [-0.2, 0) is 4.74 Å². The zero-order chi connectivity index (χ0) is 17.2. The predicted molar refractivity (Wildman–Crippen MR) is 80.3 cm³/mol. The number of ether oxygens (including phenoxy) is 1. The molecule has 2 N–H and O–H groups in total.